The van der Waals surface area contributed by atoms with Crippen molar-refractivity contribution in [2.75, 3.05) is 25.9 Å². The highest BCUT2D eigenvalue weighted by atomic mass is 31.2. The fraction of sp³-hybridized carbons (Fsp3) is 0.576. The molecule has 0 saturated carbocycles. The lowest BCUT2D eigenvalue weighted by Gasteiger charge is -2.22. The Morgan fingerprint density at radius 3 is 2.05 bits per heavy atom. The molecule has 0 spiro atoms. The van der Waals surface area contributed by atoms with Gasteiger partial charge in [-0.1, -0.05) is 26.0 Å². The van der Waals surface area contributed by atoms with E-state index in [9.17, 15) is 19.3 Å². The number of hydrogen-bond acceptors (Lipinski definition) is 8. The quantitative estimate of drug-likeness (QED) is 0.140. The molecule has 2 unspecified atom stereocenters. The topological polar surface area (TPSA) is 108 Å². The van der Waals surface area contributed by atoms with Crippen molar-refractivity contribution in [3.8, 4) is 11.5 Å². The molecule has 0 bridgehead atoms. The lowest BCUT2D eigenvalue weighted by molar-refractivity contribution is -0.159. The third-order valence-corrected chi connectivity index (χ3v) is 9.04. The van der Waals surface area contributed by atoms with Gasteiger partial charge in [-0.25, -0.2) is 0 Å². The Hall–Kier alpha value is -2.83. The van der Waals surface area contributed by atoms with Crippen LogP contribution in [0.3, 0.4) is 0 Å². The number of aryl methyl sites for hydroxylation is 2. The Bertz CT molecular complexity index is 1230. The first-order valence-electron chi connectivity index (χ1n) is 14.5. The number of esters is 2. The first-order chi connectivity index (χ1) is 19.4. The highest BCUT2D eigenvalue weighted by Crippen LogP contribution is 2.47. The standard InChI is InChI=1S/C33H49O8P/c1-11-22(2)28-19-25(12-13-29(28)34)18-27-23(3)16-26(17-24(27)4)40-21-42(37,15-14-38-30(35)32(5,6)7)41-20-39-31(36)33(8,9)10/h12-13,16-17,19,22,34H,11,14-15,18,20-21H2,1-10H3. The molecule has 2 rings (SSSR count). The summed E-state index contributed by atoms with van der Waals surface area (Å²) in [5.74, 6) is 0.205. The number of phenols is 1. The van der Waals surface area contributed by atoms with Gasteiger partial charge in [-0.15, -0.1) is 0 Å². The highest BCUT2D eigenvalue weighted by molar-refractivity contribution is 7.58. The van der Waals surface area contributed by atoms with Crippen LogP contribution in [0.5, 0.6) is 11.5 Å². The Kier molecular flexibility index (Phi) is 12.3. The maximum atomic E-state index is 13.7. The van der Waals surface area contributed by atoms with Gasteiger partial charge in [0.1, 0.15) is 18.1 Å². The Labute approximate surface area is 251 Å². The largest absolute Gasteiger partial charge is 0.508 e. The van der Waals surface area contributed by atoms with Gasteiger partial charge in [0.25, 0.3) is 0 Å². The molecule has 0 radical (unpaired) electrons. The Balaban J connectivity index is 2.17. The minimum Gasteiger partial charge on any atom is -0.508 e. The molecule has 0 aliphatic heterocycles. The number of carbonyl (C=O) groups is 2. The third-order valence-electron chi connectivity index (χ3n) is 7.08. The van der Waals surface area contributed by atoms with Crippen molar-refractivity contribution in [1.29, 1.82) is 0 Å². The van der Waals surface area contributed by atoms with Crippen molar-refractivity contribution in [2.45, 2.75) is 88.0 Å². The van der Waals surface area contributed by atoms with Crippen LogP contribution in [0, 0.1) is 24.7 Å². The second kappa shape index (κ2) is 14.6. The van der Waals surface area contributed by atoms with Crippen molar-refractivity contribution >= 4 is 19.3 Å². The van der Waals surface area contributed by atoms with Crippen LogP contribution in [0.4, 0.5) is 0 Å². The molecule has 2 aromatic carbocycles. The first-order valence-corrected chi connectivity index (χ1v) is 16.5. The van der Waals surface area contributed by atoms with E-state index < -0.39 is 36.9 Å². The average molecular weight is 605 g/mol. The minimum absolute atomic E-state index is 0.0860. The predicted molar refractivity (Wildman–Crippen MR) is 165 cm³/mol. The Morgan fingerprint density at radius 2 is 1.50 bits per heavy atom. The van der Waals surface area contributed by atoms with Crippen LogP contribution in [0.2, 0.25) is 0 Å². The van der Waals surface area contributed by atoms with Gasteiger partial charge in [0.2, 0.25) is 7.37 Å². The van der Waals surface area contributed by atoms with Gasteiger partial charge in [-0.05, 0) is 120 Å². The van der Waals surface area contributed by atoms with Crippen LogP contribution in [0.15, 0.2) is 30.3 Å². The Morgan fingerprint density at radius 1 is 0.929 bits per heavy atom. The number of ether oxygens (including phenoxy) is 3. The van der Waals surface area contributed by atoms with Gasteiger partial charge >= 0.3 is 11.9 Å². The number of hydrogen-bond donors (Lipinski definition) is 1. The summed E-state index contributed by atoms with van der Waals surface area (Å²) >= 11 is 0. The molecule has 42 heavy (non-hydrogen) atoms. The summed E-state index contributed by atoms with van der Waals surface area (Å²) in [5.41, 5.74) is 3.78. The highest BCUT2D eigenvalue weighted by Gasteiger charge is 2.30. The summed E-state index contributed by atoms with van der Waals surface area (Å²) < 4.78 is 35.7. The molecule has 0 aliphatic rings. The van der Waals surface area contributed by atoms with Gasteiger partial charge in [0, 0.05) is 0 Å². The van der Waals surface area contributed by atoms with Crippen LogP contribution in [0.25, 0.3) is 0 Å². The fourth-order valence-electron chi connectivity index (χ4n) is 4.07. The zero-order valence-corrected chi connectivity index (χ0v) is 27.9. The van der Waals surface area contributed by atoms with Crippen LogP contribution in [0.1, 0.15) is 95.5 Å². The predicted octanol–water partition coefficient (Wildman–Crippen LogP) is 7.88. The van der Waals surface area contributed by atoms with E-state index in [1.165, 1.54) is 0 Å². The molecule has 8 nitrogen and oxygen atoms in total. The van der Waals surface area contributed by atoms with Gasteiger partial charge in [-0.2, -0.15) is 0 Å². The molecule has 9 heteroatoms. The molecule has 1 N–H and O–H groups in total. The SMILES string of the molecule is CCC(C)c1cc(Cc2c(C)cc(OCP(=O)(CCOC(=O)C(C)(C)C)OCOC(=O)C(C)(C)C)cc2C)ccc1O. The molecule has 0 aliphatic carbocycles. The van der Waals surface area contributed by atoms with Crippen molar-refractivity contribution < 1.29 is 38.0 Å². The number of carbonyl (C=O) groups excluding carboxylic acids is 2. The fourth-order valence-corrected chi connectivity index (χ4v) is 5.37. The van der Waals surface area contributed by atoms with Crippen molar-refractivity contribution in [1.82, 2.24) is 0 Å². The summed E-state index contributed by atoms with van der Waals surface area (Å²) in [7, 11) is -3.52. The zero-order chi connectivity index (χ0) is 31.9. The summed E-state index contributed by atoms with van der Waals surface area (Å²) in [5, 5.41) is 10.3. The molecular formula is C33H49O8P. The molecule has 2 aromatic rings. The number of aromatic hydroxyl groups is 1. The summed E-state index contributed by atoms with van der Waals surface area (Å²) in [4.78, 5) is 24.4. The second-order valence-corrected chi connectivity index (χ2v) is 15.6. The zero-order valence-electron chi connectivity index (χ0n) is 27.0. The molecule has 0 heterocycles. The normalized spacial score (nSPS) is 14.1. The molecule has 0 aromatic heterocycles. The number of benzene rings is 2. The number of phenolic OH excluding ortho intramolecular Hbond substituents is 1. The lowest BCUT2D eigenvalue weighted by atomic mass is 9.91. The van der Waals surface area contributed by atoms with Crippen LogP contribution in [-0.2, 0) is 34.6 Å². The molecule has 0 fully saturated rings. The maximum Gasteiger partial charge on any atom is 0.313 e. The van der Waals surface area contributed by atoms with Gasteiger partial charge < -0.3 is 19.3 Å². The molecule has 234 valence electrons. The van der Waals surface area contributed by atoms with E-state index in [1.54, 1.807) is 47.6 Å². The lowest BCUT2D eigenvalue weighted by Crippen LogP contribution is -2.25. The smallest absolute Gasteiger partial charge is 0.313 e. The summed E-state index contributed by atoms with van der Waals surface area (Å²) in [6, 6.07) is 9.55. The molecule has 0 amide bonds. The second-order valence-electron chi connectivity index (χ2n) is 13.0. The van der Waals surface area contributed by atoms with E-state index in [1.807, 2.05) is 32.0 Å². The van der Waals surface area contributed by atoms with E-state index in [0.29, 0.717) is 17.9 Å². The van der Waals surface area contributed by atoms with Gasteiger partial charge in [0.15, 0.2) is 13.1 Å². The third kappa shape index (κ3) is 10.5. The minimum atomic E-state index is -3.52. The number of rotatable bonds is 13. The van der Waals surface area contributed by atoms with Gasteiger partial charge in [0.05, 0.1) is 17.0 Å². The van der Waals surface area contributed by atoms with Crippen LogP contribution in [-0.4, -0.2) is 43.0 Å². The monoisotopic (exact) mass is 604 g/mol. The van der Waals surface area contributed by atoms with Crippen LogP contribution >= 0.6 is 7.37 Å². The molecule has 0 saturated heterocycles. The summed E-state index contributed by atoms with van der Waals surface area (Å²) in [6.07, 6.45) is 1.27. The molecular weight excluding hydrogens is 555 g/mol. The van der Waals surface area contributed by atoms with Crippen molar-refractivity contribution in [3.05, 3.63) is 58.1 Å². The van der Waals surface area contributed by atoms with Crippen LogP contribution < -0.4 is 4.74 Å². The van der Waals surface area contributed by atoms with E-state index in [-0.39, 0.29) is 25.0 Å². The van der Waals surface area contributed by atoms with Crippen molar-refractivity contribution in [2.24, 2.45) is 10.8 Å². The van der Waals surface area contributed by atoms with Gasteiger partial charge in [-0.3, -0.25) is 18.7 Å². The van der Waals surface area contributed by atoms with Crippen molar-refractivity contribution in [3.63, 3.8) is 0 Å². The summed E-state index contributed by atoms with van der Waals surface area (Å²) in [6.45, 7) is 17.9. The maximum absolute atomic E-state index is 13.7. The van der Waals surface area contributed by atoms with E-state index in [0.717, 1.165) is 34.2 Å². The average Bonchev–Trinajstić information content (AvgIpc) is 2.89. The van der Waals surface area contributed by atoms with E-state index in [4.69, 9.17) is 18.7 Å². The first kappa shape index (κ1) is 35.4. The van der Waals surface area contributed by atoms with E-state index in [2.05, 4.69) is 19.9 Å². The van der Waals surface area contributed by atoms with E-state index >= 15 is 0 Å². The molecule has 2 atom stereocenters.